The van der Waals surface area contributed by atoms with Gasteiger partial charge in [-0.05, 0) is 30.7 Å². The van der Waals surface area contributed by atoms with E-state index in [0.717, 1.165) is 17.4 Å². The molecule has 0 unspecified atom stereocenters. The van der Waals surface area contributed by atoms with Crippen LogP contribution < -0.4 is 4.18 Å². The van der Waals surface area contributed by atoms with Crippen LogP contribution in [0.3, 0.4) is 0 Å². The summed E-state index contributed by atoms with van der Waals surface area (Å²) >= 11 is 3.32. The molecular weight excluding hydrogens is 330 g/mol. The topological polar surface area (TPSA) is 56.3 Å². The van der Waals surface area contributed by atoms with Gasteiger partial charge in [0.2, 0.25) is 0 Å². The summed E-state index contributed by atoms with van der Waals surface area (Å²) in [5, 5.41) is 0.808. The largest absolute Gasteiger partial charge is 0.377 e. The fraction of sp³-hybridized carbons (Fsp3) is 0.154. The fourth-order valence-corrected chi connectivity index (χ4v) is 2.81. The maximum Gasteiger partial charge on any atom is 0.339 e. The van der Waals surface area contributed by atoms with Gasteiger partial charge in [-0.3, -0.25) is 4.98 Å². The molecule has 19 heavy (non-hydrogen) atoms. The van der Waals surface area contributed by atoms with Crippen LogP contribution in [0, 0.1) is 0 Å². The molecule has 0 radical (unpaired) electrons. The third-order valence-electron chi connectivity index (χ3n) is 2.39. The van der Waals surface area contributed by atoms with Gasteiger partial charge in [0.25, 0.3) is 0 Å². The molecule has 0 bridgehead atoms. The third-order valence-corrected chi connectivity index (χ3v) is 4.04. The summed E-state index contributed by atoms with van der Waals surface area (Å²) in [6, 6.07) is 11.4. The first-order valence-corrected chi connectivity index (χ1v) is 8.15. The predicted molar refractivity (Wildman–Crippen MR) is 76.0 cm³/mol. The first kappa shape index (κ1) is 14.0. The van der Waals surface area contributed by atoms with Crippen LogP contribution in [0.1, 0.15) is 5.69 Å². The zero-order valence-electron chi connectivity index (χ0n) is 9.99. The minimum absolute atomic E-state index is 0.125. The van der Waals surface area contributed by atoms with Crippen molar-refractivity contribution in [3.05, 3.63) is 54.4 Å². The summed E-state index contributed by atoms with van der Waals surface area (Å²) in [6.07, 6.45) is 2.20. The summed E-state index contributed by atoms with van der Waals surface area (Å²) in [7, 11) is -3.79. The Labute approximate surface area is 120 Å². The van der Waals surface area contributed by atoms with Crippen molar-refractivity contribution in [2.24, 2.45) is 0 Å². The lowest BCUT2D eigenvalue weighted by Gasteiger charge is -2.06. The Bertz CT molecular complexity index is 627. The van der Waals surface area contributed by atoms with Gasteiger partial charge in [0, 0.05) is 11.0 Å². The highest BCUT2D eigenvalue weighted by molar-refractivity contribution is 9.09. The van der Waals surface area contributed by atoms with E-state index in [4.69, 9.17) is 4.18 Å². The molecule has 100 valence electrons. The fourth-order valence-electron chi connectivity index (χ4n) is 1.47. The molecule has 6 heteroatoms. The molecule has 0 saturated carbocycles. The van der Waals surface area contributed by atoms with Crippen molar-refractivity contribution in [3.63, 3.8) is 0 Å². The van der Waals surface area contributed by atoms with E-state index in [1.807, 2.05) is 0 Å². The van der Waals surface area contributed by atoms with Gasteiger partial charge in [0.15, 0.2) is 5.75 Å². The first-order chi connectivity index (χ1) is 9.12. The van der Waals surface area contributed by atoms with E-state index in [0.29, 0.717) is 0 Å². The van der Waals surface area contributed by atoms with E-state index >= 15 is 0 Å². The molecule has 0 aliphatic carbocycles. The van der Waals surface area contributed by atoms with Gasteiger partial charge in [-0.15, -0.1) is 0 Å². The van der Waals surface area contributed by atoms with Crippen LogP contribution in [-0.2, 0) is 16.5 Å². The summed E-state index contributed by atoms with van der Waals surface area (Å²) in [5.41, 5.74) is 0.876. The van der Waals surface area contributed by atoms with Crippen LogP contribution in [0.2, 0.25) is 0 Å². The molecule has 0 saturated heterocycles. The highest BCUT2D eigenvalue weighted by atomic mass is 79.9. The maximum atomic E-state index is 12.0. The Morgan fingerprint density at radius 1 is 1.11 bits per heavy atom. The second kappa shape index (κ2) is 6.16. The SMILES string of the molecule is O=S(=O)(Oc1ccc(CCBr)nc1)c1ccccc1. The van der Waals surface area contributed by atoms with Crippen LogP contribution in [0.15, 0.2) is 53.6 Å². The van der Waals surface area contributed by atoms with Crippen molar-refractivity contribution in [2.75, 3.05) is 5.33 Å². The van der Waals surface area contributed by atoms with E-state index in [9.17, 15) is 8.42 Å². The van der Waals surface area contributed by atoms with Gasteiger partial charge in [-0.2, -0.15) is 8.42 Å². The summed E-state index contributed by atoms with van der Waals surface area (Å²) in [4.78, 5) is 4.25. The monoisotopic (exact) mass is 341 g/mol. The molecule has 0 N–H and O–H groups in total. The third kappa shape index (κ3) is 3.78. The number of benzene rings is 1. The number of hydrogen-bond donors (Lipinski definition) is 0. The van der Waals surface area contributed by atoms with Gasteiger partial charge in [0.1, 0.15) is 4.90 Å². The van der Waals surface area contributed by atoms with E-state index in [-0.39, 0.29) is 10.6 Å². The highest BCUT2D eigenvalue weighted by Gasteiger charge is 2.15. The predicted octanol–water partition coefficient (Wildman–Crippen LogP) is 2.79. The number of aromatic nitrogens is 1. The number of pyridine rings is 1. The van der Waals surface area contributed by atoms with Gasteiger partial charge in [-0.1, -0.05) is 34.1 Å². The quantitative estimate of drug-likeness (QED) is 0.619. The Hall–Kier alpha value is -1.40. The van der Waals surface area contributed by atoms with Crippen molar-refractivity contribution >= 4 is 26.0 Å². The zero-order valence-corrected chi connectivity index (χ0v) is 12.4. The molecular formula is C13H12BrNO3S. The number of alkyl halides is 1. The summed E-state index contributed by atoms with van der Waals surface area (Å²) in [5.74, 6) is 0.210. The Morgan fingerprint density at radius 2 is 1.84 bits per heavy atom. The molecule has 0 spiro atoms. The van der Waals surface area contributed by atoms with E-state index < -0.39 is 10.1 Å². The lowest BCUT2D eigenvalue weighted by atomic mass is 10.3. The molecule has 1 aromatic carbocycles. The van der Waals surface area contributed by atoms with Gasteiger partial charge < -0.3 is 4.18 Å². The van der Waals surface area contributed by atoms with Gasteiger partial charge >= 0.3 is 10.1 Å². The number of aryl methyl sites for hydroxylation is 1. The van der Waals surface area contributed by atoms with Crippen LogP contribution in [-0.4, -0.2) is 18.7 Å². The van der Waals surface area contributed by atoms with Crippen molar-refractivity contribution in [1.82, 2.24) is 4.98 Å². The van der Waals surface area contributed by atoms with Gasteiger partial charge in [0.05, 0.1) is 6.20 Å². The van der Waals surface area contributed by atoms with Gasteiger partial charge in [-0.25, -0.2) is 0 Å². The molecule has 2 aromatic rings. The lowest BCUT2D eigenvalue weighted by molar-refractivity contribution is 0.484. The minimum Gasteiger partial charge on any atom is -0.377 e. The Morgan fingerprint density at radius 3 is 2.42 bits per heavy atom. The molecule has 4 nitrogen and oxygen atoms in total. The minimum atomic E-state index is -3.79. The average molecular weight is 342 g/mol. The van der Waals surface area contributed by atoms with Crippen LogP contribution in [0.5, 0.6) is 5.75 Å². The maximum absolute atomic E-state index is 12.0. The summed E-state index contributed by atoms with van der Waals surface area (Å²) in [6.45, 7) is 0. The second-order valence-corrected chi connectivity index (χ2v) is 6.11. The normalized spacial score (nSPS) is 11.2. The number of halogens is 1. The van der Waals surface area contributed by atoms with Crippen LogP contribution >= 0.6 is 15.9 Å². The van der Waals surface area contributed by atoms with Crippen LogP contribution in [0.4, 0.5) is 0 Å². The molecule has 0 amide bonds. The zero-order chi connectivity index (χ0) is 13.7. The van der Waals surface area contributed by atoms with Crippen molar-refractivity contribution in [3.8, 4) is 5.75 Å². The second-order valence-electron chi connectivity index (χ2n) is 3.77. The number of nitrogens with zero attached hydrogens (tertiary/aromatic N) is 1. The summed E-state index contributed by atoms with van der Waals surface area (Å²) < 4.78 is 28.9. The molecule has 1 heterocycles. The van der Waals surface area contributed by atoms with Crippen molar-refractivity contribution in [2.45, 2.75) is 11.3 Å². The lowest BCUT2D eigenvalue weighted by Crippen LogP contribution is -2.09. The first-order valence-electron chi connectivity index (χ1n) is 5.62. The van der Waals surface area contributed by atoms with Crippen LogP contribution in [0.25, 0.3) is 0 Å². The smallest absolute Gasteiger partial charge is 0.339 e. The molecule has 0 aliphatic rings. The Balaban J connectivity index is 2.17. The molecule has 0 atom stereocenters. The number of hydrogen-bond acceptors (Lipinski definition) is 4. The van der Waals surface area contributed by atoms with E-state index in [1.54, 1.807) is 30.3 Å². The van der Waals surface area contributed by atoms with E-state index in [2.05, 4.69) is 20.9 Å². The Kier molecular flexibility index (Phi) is 4.55. The number of rotatable bonds is 5. The van der Waals surface area contributed by atoms with E-state index in [1.165, 1.54) is 18.3 Å². The molecule has 0 fully saturated rings. The highest BCUT2D eigenvalue weighted by Crippen LogP contribution is 2.17. The molecule has 0 aliphatic heterocycles. The average Bonchev–Trinajstić information content (AvgIpc) is 2.42. The standard InChI is InChI=1S/C13H12BrNO3S/c14-9-8-11-6-7-12(10-15-11)18-19(16,17)13-4-2-1-3-5-13/h1-7,10H,8-9H2. The molecule has 2 rings (SSSR count). The van der Waals surface area contributed by atoms with Crippen molar-refractivity contribution < 1.29 is 12.6 Å². The molecule has 1 aromatic heterocycles. The van der Waals surface area contributed by atoms with Crippen molar-refractivity contribution in [1.29, 1.82) is 0 Å².